The normalized spacial score (nSPS) is 25.9. The van der Waals surface area contributed by atoms with Crippen molar-refractivity contribution in [2.45, 2.75) is 52.4 Å². The first-order valence-electron chi connectivity index (χ1n) is 6.59. The summed E-state index contributed by atoms with van der Waals surface area (Å²) in [7, 11) is -3.84. The second-order valence-corrected chi connectivity index (χ2v) is 8.01. The molecule has 0 aliphatic carbocycles. The molecule has 1 N–H and O–H groups in total. The van der Waals surface area contributed by atoms with E-state index in [-0.39, 0.29) is 25.3 Å². The number of carbonyl (C=O) groups is 1. The standard InChI is InChI=1S/C12H24N2O5S/c1-9-6-13(7-10(2)19-9)20(17,18)14(8-11(15)16)12(3,4)5/h9-10H,6-8H2,1-5H3,(H,15,16). The second kappa shape index (κ2) is 5.97. The van der Waals surface area contributed by atoms with Gasteiger partial charge in [-0.15, -0.1) is 0 Å². The quantitative estimate of drug-likeness (QED) is 0.818. The van der Waals surface area contributed by atoms with Gasteiger partial charge in [-0.25, -0.2) is 0 Å². The van der Waals surface area contributed by atoms with Crippen LogP contribution < -0.4 is 0 Å². The van der Waals surface area contributed by atoms with Gasteiger partial charge in [0.1, 0.15) is 6.54 Å². The van der Waals surface area contributed by atoms with Crippen LogP contribution in [0.4, 0.5) is 0 Å². The average molecular weight is 308 g/mol. The molecule has 1 rings (SSSR count). The summed E-state index contributed by atoms with van der Waals surface area (Å²) in [5.41, 5.74) is -0.804. The molecule has 7 nitrogen and oxygen atoms in total. The largest absolute Gasteiger partial charge is 0.480 e. The van der Waals surface area contributed by atoms with Crippen LogP contribution in [0.1, 0.15) is 34.6 Å². The van der Waals surface area contributed by atoms with Gasteiger partial charge in [0.05, 0.1) is 12.2 Å². The van der Waals surface area contributed by atoms with Crippen LogP contribution in [0, 0.1) is 0 Å². The van der Waals surface area contributed by atoms with Crippen LogP contribution in [-0.2, 0) is 19.7 Å². The van der Waals surface area contributed by atoms with Gasteiger partial charge < -0.3 is 9.84 Å². The number of hydrogen-bond donors (Lipinski definition) is 1. The minimum atomic E-state index is -3.84. The van der Waals surface area contributed by atoms with Gasteiger partial charge in [0.15, 0.2) is 0 Å². The van der Waals surface area contributed by atoms with Gasteiger partial charge >= 0.3 is 5.97 Å². The Hall–Kier alpha value is -0.700. The number of morpholine rings is 1. The smallest absolute Gasteiger partial charge is 0.318 e. The zero-order valence-corrected chi connectivity index (χ0v) is 13.5. The fourth-order valence-corrected chi connectivity index (χ4v) is 4.29. The second-order valence-electron chi connectivity index (χ2n) is 6.15. The fraction of sp³-hybridized carbons (Fsp3) is 0.917. The van der Waals surface area contributed by atoms with E-state index in [0.29, 0.717) is 0 Å². The third-order valence-corrected chi connectivity index (χ3v) is 5.20. The van der Waals surface area contributed by atoms with Crippen LogP contribution in [0.3, 0.4) is 0 Å². The van der Waals surface area contributed by atoms with Crippen molar-refractivity contribution in [3.8, 4) is 0 Å². The molecule has 20 heavy (non-hydrogen) atoms. The molecule has 8 heteroatoms. The van der Waals surface area contributed by atoms with Crippen molar-refractivity contribution in [2.24, 2.45) is 0 Å². The van der Waals surface area contributed by atoms with Crippen molar-refractivity contribution in [1.29, 1.82) is 0 Å². The molecule has 0 saturated carbocycles. The van der Waals surface area contributed by atoms with Gasteiger partial charge in [-0.3, -0.25) is 4.79 Å². The van der Waals surface area contributed by atoms with Crippen LogP contribution in [0.25, 0.3) is 0 Å². The Balaban J connectivity index is 3.07. The summed E-state index contributed by atoms with van der Waals surface area (Å²) in [6.07, 6.45) is -0.416. The Morgan fingerprint density at radius 3 is 2.10 bits per heavy atom. The predicted octanol–water partition coefficient (Wildman–Crippen LogP) is 0.526. The monoisotopic (exact) mass is 308 g/mol. The lowest BCUT2D eigenvalue weighted by molar-refractivity contribution is -0.138. The maximum atomic E-state index is 12.7. The molecule has 1 heterocycles. The number of hydrogen-bond acceptors (Lipinski definition) is 4. The average Bonchev–Trinajstić information content (AvgIpc) is 2.22. The molecule has 0 spiro atoms. The number of carboxylic acids is 1. The van der Waals surface area contributed by atoms with E-state index < -0.39 is 28.3 Å². The summed E-state index contributed by atoms with van der Waals surface area (Å²) in [4.78, 5) is 11.0. The summed E-state index contributed by atoms with van der Waals surface area (Å²) in [6, 6.07) is 0. The number of aliphatic carboxylic acids is 1. The van der Waals surface area contributed by atoms with Crippen LogP contribution in [-0.4, -0.2) is 65.5 Å². The third-order valence-electron chi connectivity index (χ3n) is 3.02. The molecule has 1 aliphatic rings. The zero-order valence-electron chi connectivity index (χ0n) is 12.7. The van der Waals surface area contributed by atoms with Crippen LogP contribution >= 0.6 is 0 Å². The van der Waals surface area contributed by atoms with E-state index in [9.17, 15) is 13.2 Å². The summed E-state index contributed by atoms with van der Waals surface area (Å²) < 4.78 is 33.2. The van der Waals surface area contributed by atoms with Gasteiger partial charge in [0, 0.05) is 18.6 Å². The van der Waals surface area contributed by atoms with Crippen molar-refractivity contribution < 1.29 is 23.1 Å². The summed E-state index contributed by atoms with van der Waals surface area (Å²) >= 11 is 0. The number of rotatable bonds is 4. The van der Waals surface area contributed by atoms with Gasteiger partial charge in [-0.2, -0.15) is 17.0 Å². The molecule has 0 aromatic carbocycles. The first-order chi connectivity index (χ1) is 8.94. The van der Waals surface area contributed by atoms with Crippen molar-refractivity contribution >= 4 is 16.2 Å². The number of ether oxygens (including phenoxy) is 1. The van der Waals surface area contributed by atoms with E-state index in [4.69, 9.17) is 9.84 Å². The van der Waals surface area contributed by atoms with Crippen molar-refractivity contribution in [2.75, 3.05) is 19.6 Å². The van der Waals surface area contributed by atoms with Crippen molar-refractivity contribution in [3.05, 3.63) is 0 Å². The van der Waals surface area contributed by atoms with Crippen LogP contribution in [0.15, 0.2) is 0 Å². The predicted molar refractivity (Wildman–Crippen MR) is 74.6 cm³/mol. The molecular weight excluding hydrogens is 284 g/mol. The lowest BCUT2D eigenvalue weighted by atomic mass is 10.1. The molecule has 1 aliphatic heterocycles. The molecule has 118 valence electrons. The summed E-state index contributed by atoms with van der Waals surface area (Å²) in [5, 5.41) is 8.96. The highest BCUT2D eigenvalue weighted by Gasteiger charge is 2.41. The van der Waals surface area contributed by atoms with Gasteiger partial charge in [0.2, 0.25) is 0 Å². The molecule has 2 atom stereocenters. The van der Waals surface area contributed by atoms with Crippen molar-refractivity contribution in [3.63, 3.8) is 0 Å². The molecule has 2 unspecified atom stereocenters. The lowest BCUT2D eigenvalue weighted by Gasteiger charge is -2.41. The molecule has 0 amide bonds. The minimum absolute atomic E-state index is 0.208. The van der Waals surface area contributed by atoms with E-state index in [0.717, 1.165) is 4.31 Å². The summed E-state index contributed by atoms with van der Waals surface area (Å²) in [5.74, 6) is -1.17. The third kappa shape index (κ3) is 4.15. The Morgan fingerprint density at radius 1 is 1.30 bits per heavy atom. The Kier molecular flexibility index (Phi) is 5.18. The highest BCUT2D eigenvalue weighted by Crippen LogP contribution is 2.23. The summed E-state index contributed by atoms with van der Waals surface area (Å²) in [6.45, 7) is 8.57. The van der Waals surface area contributed by atoms with Gasteiger partial charge in [-0.1, -0.05) is 0 Å². The highest BCUT2D eigenvalue weighted by atomic mass is 32.2. The maximum absolute atomic E-state index is 12.7. The molecule has 0 aromatic heterocycles. The van der Waals surface area contributed by atoms with Gasteiger partial charge in [0.25, 0.3) is 10.2 Å². The molecule has 0 radical (unpaired) electrons. The fourth-order valence-electron chi connectivity index (χ4n) is 2.25. The van der Waals surface area contributed by atoms with Crippen LogP contribution in [0.2, 0.25) is 0 Å². The van der Waals surface area contributed by atoms with E-state index in [2.05, 4.69) is 0 Å². The maximum Gasteiger partial charge on any atom is 0.318 e. The first kappa shape index (κ1) is 17.4. The Morgan fingerprint density at radius 2 is 1.75 bits per heavy atom. The van der Waals surface area contributed by atoms with Crippen molar-refractivity contribution in [1.82, 2.24) is 8.61 Å². The van der Waals surface area contributed by atoms with E-state index in [1.54, 1.807) is 34.6 Å². The van der Waals surface area contributed by atoms with E-state index in [1.165, 1.54) is 4.31 Å². The van der Waals surface area contributed by atoms with E-state index >= 15 is 0 Å². The first-order valence-corrected chi connectivity index (χ1v) is 7.99. The van der Waals surface area contributed by atoms with Crippen LogP contribution in [0.5, 0.6) is 0 Å². The molecule has 1 fully saturated rings. The molecule has 1 saturated heterocycles. The number of nitrogens with zero attached hydrogens (tertiary/aromatic N) is 2. The highest BCUT2D eigenvalue weighted by molar-refractivity contribution is 7.86. The van der Waals surface area contributed by atoms with Gasteiger partial charge in [-0.05, 0) is 34.6 Å². The molecule has 0 bridgehead atoms. The Labute approximate surface area is 120 Å². The van der Waals surface area contributed by atoms with E-state index in [1.807, 2.05) is 0 Å². The molecular formula is C12H24N2O5S. The Bertz CT molecular complexity index is 447. The SMILES string of the molecule is CC1CN(S(=O)(=O)N(CC(=O)O)C(C)(C)C)CC(C)O1. The lowest BCUT2D eigenvalue weighted by Crippen LogP contribution is -2.58. The molecule has 0 aromatic rings. The number of carboxylic acid groups (broad SMARTS) is 1. The minimum Gasteiger partial charge on any atom is -0.480 e. The topological polar surface area (TPSA) is 87.2 Å². The zero-order chi connectivity index (χ0) is 15.7.